The summed E-state index contributed by atoms with van der Waals surface area (Å²) in [4.78, 5) is 50.7. The first kappa shape index (κ1) is 52.8. The van der Waals surface area contributed by atoms with Gasteiger partial charge in [0, 0.05) is 85.4 Å². The zero-order chi connectivity index (χ0) is 54.0. The number of aromatic nitrogens is 6. The van der Waals surface area contributed by atoms with Gasteiger partial charge in [0.1, 0.15) is 11.6 Å². The molecule has 4 aromatic heterocycles. The number of pyridine rings is 2. The Balaban J connectivity index is 0.000000149. The Bertz CT molecular complexity index is 4030. The number of rotatable bonds is 10. The van der Waals surface area contributed by atoms with Crippen molar-refractivity contribution < 1.29 is 29.7 Å². The first-order chi connectivity index (χ1) is 38.8. The molecule has 0 bridgehead atoms. The first-order valence-corrected chi connectivity index (χ1v) is 26.7. The van der Waals surface area contributed by atoms with Crippen LogP contribution in [0.4, 0.5) is 0 Å². The van der Waals surface area contributed by atoms with E-state index in [0.29, 0.717) is 0 Å². The molecule has 0 unspecified atom stereocenters. The second kappa shape index (κ2) is 23.0. The summed E-state index contributed by atoms with van der Waals surface area (Å²) in [6, 6.07) is 77.7. The van der Waals surface area contributed by atoms with E-state index in [9.17, 15) is 9.59 Å². The minimum Gasteiger partial charge on any atom is -0.300 e. The van der Waals surface area contributed by atoms with E-state index in [4.69, 9.17) is 29.9 Å². The molecule has 14 aromatic rings. The van der Waals surface area contributed by atoms with Crippen molar-refractivity contribution in [1.29, 1.82) is 0 Å². The van der Waals surface area contributed by atoms with Crippen LogP contribution < -0.4 is 0 Å². The van der Waals surface area contributed by atoms with Crippen LogP contribution in [0.25, 0.3) is 133 Å². The van der Waals surface area contributed by atoms with Crippen LogP contribution in [0, 0.1) is 12.1 Å². The van der Waals surface area contributed by atoms with Crippen LogP contribution in [-0.4, -0.2) is 41.5 Å². The van der Waals surface area contributed by atoms with Gasteiger partial charge in [-0.15, -0.1) is 70.8 Å². The Kier molecular flexibility index (Phi) is 15.2. The molecule has 0 saturated carbocycles. The molecule has 1 radical (unpaired) electrons. The fraction of sp³-hybridized carbons (Fsp3) is 0.0986. The maximum Gasteiger partial charge on any atom is 0.137 e. The zero-order valence-electron chi connectivity index (χ0n) is 44.6. The maximum absolute atomic E-state index is 10.0. The number of carbonyl (C=O) groups is 2. The summed E-state index contributed by atoms with van der Waals surface area (Å²) >= 11 is 0. The van der Waals surface area contributed by atoms with Gasteiger partial charge in [-0.05, 0) is 38.1 Å². The van der Waals surface area contributed by atoms with E-state index in [0.717, 1.165) is 146 Å². The van der Waals surface area contributed by atoms with E-state index in [-0.39, 0.29) is 38.1 Å². The SMILES string of the molecule is CC(=O)CC(C)=O.CCc1ccc[c-]c1-c1nc2ccc3c(-c4ccccc4)nc(-c4ccccc4)c4ccc(n1)c2c34.CCc1ccc[c-]c1-c1nc2ccc3c(-c4ccccc4)nc(-c4ccccc4)c4ccc(n1)c2c34.[Ir]. The number of aryl methyl sites for hydroxylation is 2. The van der Waals surface area contributed by atoms with Crippen molar-refractivity contribution in [2.24, 2.45) is 0 Å². The van der Waals surface area contributed by atoms with Gasteiger partial charge < -0.3 is 0 Å². The Morgan fingerprint density at radius 2 is 0.637 bits per heavy atom. The van der Waals surface area contributed by atoms with Crippen molar-refractivity contribution in [3.05, 3.63) is 230 Å². The monoisotopic (exact) mass is 1210 g/mol. The minimum atomic E-state index is -0.0625. The molecular formula is C71H52IrN6O2-2. The molecule has 10 aromatic carbocycles. The number of nitrogens with zero attached hydrogens (tertiary/aromatic N) is 6. The van der Waals surface area contributed by atoms with Gasteiger partial charge in [-0.3, -0.25) is 29.5 Å². The van der Waals surface area contributed by atoms with Crippen LogP contribution in [0.15, 0.2) is 206 Å². The Morgan fingerprint density at radius 1 is 0.350 bits per heavy atom. The average molecular weight is 1210 g/mol. The third-order valence-corrected chi connectivity index (χ3v) is 14.4. The summed E-state index contributed by atoms with van der Waals surface area (Å²) in [5.74, 6) is 1.33. The number of carbonyl (C=O) groups excluding carboxylic acids is 2. The molecule has 389 valence electrons. The van der Waals surface area contributed by atoms with Crippen molar-refractivity contribution in [3.8, 4) is 67.8 Å². The Morgan fingerprint density at radius 3 is 0.887 bits per heavy atom. The fourth-order valence-electron chi connectivity index (χ4n) is 10.8. The van der Waals surface area contributed by atoms with E-state index in [2.05, 4.69) is 184 Å². The molecule has 80 heavy (non-hydrogen) atoms. The fourth-order valence-corrected chi connectivity index (χ4v) is 10.8. The quantitative estimate of drug-likeness (QED) is 0.0756. The molecular weight excluding hydrogens is 1160 g/mol. The van der Waals surface area contributed by atoms with Gasteiger partial charge in [-0.25, -0.2) is 9.97 Å². The molecule has 8 nitrogen and oxygen atoms in total. The third-order valence-electron chi connectivity index (χ3n) is 14.4. The molecule has 4 heterocycles. The molecule has 0 aliphatic rings. The van der Waals surface area contributed by atoms with Crippen molar-refractivity contribution in [3.63, 3.8) is 0 Å². The number of hydrogen-bond donors (Lipinski definition) is 0. The van der Waals surface area contributed by atoms with Gasteiger partial charge in [-0.1, -0.05) is 172 Å². The molecule has 9 heteroatoms. The summed E-state index contributed by atoms with van der Waals surface area (Å²) in [7, 11) is 0. The molecule has 0 aliphatic heterocycles. The second-order valence-corrected chi connectivity index (χ2v) is 19.6. The van der Waals surface area contributed by atoms with Crippen molar-refractivity contribution in [1.82, 2.24) is 29.9 Å². The molecule has 0 aliphatic carbocycles. The van der Waals surface area contributed by atoms with Gasteiger partial charge in [0.2, 0.25) is 0 Å². The van der Waals surface area contributed by atoms with Gasteiger partial charge in [-0.2, -0.15) is 0 Å². The summed E-state index contributed by atoms with van der Waals surface area (Å²) in [5, 5.41) is 8.96. The van der Waals surface area contributed by atoms with E-state index in [1.165, 1.54) is 25.0 Å². The number of Topliss-reactive ketones (excluding diaryl/α,β-unsaturated/α-hetero) is 2. The summed E-state index contributed by atoms with van der Waals surface area (Å²) in [6.45, 7) is 7.12. The van der Waals surface area contributed by atoms with Crippen LogP contribution in [0.3, 0.4) is 0 Å². The molecule has 0 N–H and O–H groups in total. The topological polar surface area (TPSA) is 111 Å². The van der Waals surface area contributed by atoms with Crippen molar-refractivity contribution in [2.75, 3.05) is 0 Å². The summed E-state index contributed by atoms with van der Waals surface area (Å²) < 4.78 is 0. The standard InChI is InChI=1S/2C33H22N3.C5H8O2.Ir/c2*1-2-21-11-9-10-16-24(21)33-34-27-19-17-25-29-26(18-20-28(35-33)30(27)29)32(23-14-7-4-8-15-23)36-31(25)22-12-5-3-6-13-22;1-4(6)3-5(2)7;/h2*3-15,17-20H,2H2,1H3;3H2,1-2H3;/q2*-1;;. The van der Waals surface area contributed by atoms with Gasteiger partial charge in [0.05, 0.1) is 62.9 Å². The van der Waals surface area contributed by atoms with Crippen molar-refractivity contribution in [2.45, 2.75) is 47.0 Å². The van der Waals surface area contributed by atoms with E-state index < -0.39 is 0 Å². The van der Waals surface area contributed by atoms with Crippen LogP contribution in [-0.2, 0) is 42.5 Å². The Labute approximate surface area is 477 Å². The van der Waals surface area contributed by atoms with Gasteiger partial charge in [0.25, 0.3) is 0 Å². The average Bonchev–Trinajstić information content (AvgIpc) is 3.52. The molecule has 0 fully saturated rings. The predicted molar refractivity (Wildman–Crippen MR) is 322 cm³/mol. The molecule has 0 spiro atoms. The molecule has 0 saturated heterocycles. The van der Waals surface area contributed by atoms with Crippen LogP contribution in [0.1, 0.15) is 45.2 Å². The molecule has 0 atom stereocenters. The second-order valence-electron chi connectivity index (χ2n) is 19.6. The predicted octanol–water partition coefficient (Wildman–Crippen LogP) is 16.8. The number of ketones is 2. The van der Waals surface area contributed by atoms with Crippen molar-refractivity contribution >= 4 is 76.7 Å². The molecule has 0 amide bonds. The van der Waals surface area contributed by atoms with E-state index in [1.54, 1.807) is 0 Å². The number of hydrogen-bond acceptors (Lipinski definition) is 8. The summed E-state index contributed by atoms with van der Waals surface area (Å²) in [6.07, 6.45) is 1.90. The largest absolute Gasteiger partial charge is 0.300 e. The maximum atomic E-state index is 10.0. The van der Waals surface area contributed by atoms with E-state index in [1.807, 2.05) is 48.5 Å². The van der Waals surface area contributed by atoms with Gasteiger partial charge in [0.15, 0.2) is 0 Å². The minimum absolute atomic E-state index is 0. The van der Waals surface area contributed by atoms with Crippen LogP contribution in [0.5, 0.6) is 0 Å². The first-order valence-electron chi connectivity index (χ1n) is 26.7. The van der Waals surface area contributed by atoms with E-state index >= 15 is 0 Å². The normalized spacial score (nSPS) is 11.2. The molecule has 14 rings (SSSR count). The van der Waals surface area contributed by atoms with Crippen LogP contribution >= 0.6 is 0 Å². The van der Waals surface area contributed by atoms with Gasteiger partial charge >= 0.3 is 0 Å². The van der Waals surface area contributed by atoms with Crippen LogP contribution in [0.2, 0.25) is 0 Å². The third kappa shape index (κ3) is 10.1. The zero-order valence-corrected chi connectivity index (χ0v) is 47.0. The summed E-state index contributed by atoms with van der Waals surface area (Å²) in [5.41, 5.74) is 16.4. The smallest absolute Gasteiger partial charge is 0.137 e. The Hall–Kier alpha value is -9.27. The number of benzene rings is 10.